The van der Waals surface area contributed by atoms with Crippen LogP contribution < -0.4 is 15.4 Å². The van der Waals surface area contributed by atoms with Gasteiger partial charge in [-0.05, 0) is 92.1 Å². The zero-order valence-corrected chi connectivity index (χ0v) is 25.9. The van der Waals surface area contributed by atoms with Crippen molar-refractivity contribution in [2.75, 3.05) is 28.4 Å². The van der Waals surface area contributed by atoms with Crippen LogP contribution >= 0.6 is 11.6 Å². The molecule has 0 saturated carbocycles. The van der Waals surface area contributed by atoms with Crippen molar-refractivity contribution >= 4 is 50.6 Å². The molecule has 14 heteroatoms. The first-order chi connectivity index (χ1) is 22.2. The van der Waals surface area contributed by atoms with Crippen molar-refractivity contribution in [1.82, 2.24) is 20.0 Å². The molecule has 3 heterocycles. The van der Waals surface area contributed by atoms with Crippen LogP contribution in [0.3, 0.4) is 0 Å². The van der Waals surface area contributed by atoms with Gasteiger partial charge >= 0.3 is 6.03 Å². The number of halogens is 1. The average molecular weight is 658 g/mol. The van der Waals surface area contributed by atoms with Crippen molar-refractivity contribution < 1.29 is 22.5 Å². The topological polar surface area (TPSA) is 159 Å². The molecule has 0 atom stereocenters. The maximum atomic E-state index is 13.1. The molecule has 6 rings (SSSR count). The summed E-state index contributed by atoms with van der Waals surface area (Å²) in [7, 11) is -3.94. The Kier molecular flexibility index (Phi) is 8.94. The normalized spacial score (nSPS) is 13.2. The van der Waals surface area contributed by atoms with Crippen LogP contribution in [0.4, 0.5) is 21.9 Å². The van der Waals surface area contributed by atoms with Gasteiger partial charge in [-0.3, -0.25) is 14.5 Å². The molecule has 0 unspecified atom stereocenters. The average Bonchev–Trinajstić information content (AvgIpc) is 3.56. The molecule has 5 aromatic rings. The molecule has 234 valence electrons. The van der Waals surface area contributed by atoms with Gasteiger partial charge < -0.3 is 20.1 Å². The highest BCUT2D eigenvalue weighted by Crippen LogP contribution is 2.31. The fraction of sp³-hybridized carbons (Fsp3) is 0.156. The third-order valence-corrected chi connectivity index (χ3v) is 8.95. The van der Waals surface area contributed by atoms with Gasteiger partial charge in [0.25, 0.3) is 21.8 Å². The van der Waals surface area contributed by atoms with Crippen molar-refractivity contribution in [1.29, 1.82) is 0 Å². The second-order valence-corrected chi connectivity index (χ2v) is 12.6. The second kappa shape index (κ2) is 13.4. The Morgan fingerprint density at radius 1 is 0.848 bits per heavy atom. The molecular formula is C32H28ClN7O5S. The summed E-state index contributed by atoms with van der Waals surface area (Å²) in [5.41, 5.74) is 2.62. The van der Waals surface area contributed by atoms with Gasteiger partial charge in [0, 0.05) is 53.7 Å². The largest absolute Gasteiger partial charge is 0.334 e. The van der Waals surface area contributed by atoms with E-state index in [1.807, 2.05) is 0 Å². The van der Waals surface area contributed by atoms with Crippen LogP contribution in [0.25, 0.3) is 22.8 Å². The molecule has 2 aromatic heterocycles. The van der Waals surface area contributed by atoms with Crippen LogP contribution in [0.5, 0.6) is 0 Å². The minimum Gasteiger partial charge on any atom is -0.334 e. The first-order valence-electron chi connectivity index (χ1n) is 14.4. The third-order valence-electron chi connectivity index (χ3n) is 7.24. The zero-order chi connectivity index (χ0) is 32.1. The fourth-order valence-electron chi connectivity index (χ4n) is 4.87. The number of likely N-dealkylation sites (tertiary alicyclic amines) is 1. The predicted octanol–water partition coefficient (Wildman–Crippen LogP) is 6.52. The first-order valence-corrected chi connectivity index (χ1v) is 16.3. The van der Waals surface area contributed by atoms with Crippen molar-refractivity contribution in [2.45, 2.75) is 24.2 Å². The second-order valence-electron chi connectivity index (χ2n) is 10.5. The van der Waals surface area contributed by atoms with Gasteiger partial charge in [-0.1, -0.05) is 22.8 Å². The van der Waals surface area contributed by atoms with E-state index in [0.717, 1.165) is 19.3 Å². The van der Waals surface area contributed by atoms with Crippen molar-refractivity contribution in [3.05, 3.63) is 102 Å². The number of urea groups is 1. The van der Waals surface area contributed by atoms with E-state index in [4.69, 9.17) is 16.1 Å². The van der Waals surface area contributed by atoms with E-state index in [0.29, 0.717) is 41.2 Å². The molecule has 0 bridgehead atoms. The lowest BCUT2D eigenvalue weighted by Gasteiger charge is -2.26. The van der Waals surface area contributed by atoms with E-state index in [2.05, 4.69) is 30.5 Å². The number of anilines is 3. The molecule has 0 radical (unpaired) electrons. The van der Waals surface area contributed by atoms with Gasteiger partial charge in [0.1, 0.15) is 0 Å². The van der Waals surface area contributed by atoms with Crippen molar-refractivity contribution in [3.8, 4) is 22.8 Å². The molecule has 3 N–H and O–H groups in total. The molecule has 0 spiro atoms. The Balaban J connectivity index is 1.12. The summed E-state index contributed by atoms with van der Waals surface area (Å²) in [6.45, 7) is 1.42. The van der Waals surface area contributed by atoms with Crippen molar-refractivity contribution in [2.24, 2.45) is 0 Å². The van der Waals surface area contributed by atoms with E-state index < -0.39 is 10.0 Å². The lowest BCUT2D eigenvalue weighted by molar-refractivity contribution is 0.102. The Morgan fingerprint density at radius 2 is 1.63 bits per heavy atom. The number of aromatic nitrogens is 3. The van der Waals surface area contributed by atoms with Crippen LogP contribution in [0.15, 0.2) is 101 Å². The standard InChI is InChI=1S/C32H28ClN7O5S/c33-28-19-24(35-30(41)22-7-5-15-34-20-22)11-14-27(28)29-37-31(45-38-29)21-6-4-8-25(18-21)39-46(43,44)26-12-9-23(10-13-26)36-32(42)40-16-2-1-3-17-40/h4-15,18-20,39H,1-3,16-17H2,(H,35,41)(H,36,42). The molecule has 1 aliphatic heterocycles. The summed E-state index contributed by atoms with van der Waals surface area (Å²) < 4.78 is 34.3. The summed E-state index contributed by atoms with van der Waals surface area (Å²) in [6.07, 6.45) is 6.11. The van der Waals surface area contributed by atoms with E-state index in [9.17, 15) is 18.0 Å². The summed E-state index contributed by atoms with van der Waals surface area (Å²) in [5, 5.41) is 9.91. The molecule has 0 aliphatic carbocycles. The number of pyridine rings is 1. The number of piperidine rings is 1. The number of hydrogen-bond acceptors (Lipinski definition) is 8. The van der Waals surface area contributed by atoms with E-state index in [1.54, 1.807) is 77.8 Å². The van der Waals surface area contributed by atoms with Crippen molar-refractivity contribution in [3.63, 3.8) is 0 Å². The van der Waals surface area contributed by atoms with Crippen LogP contribution in [-0.4, -0.2) is 53.5 Å². The molecular weight excluding hydrogens is 630 g/mol. The number of sulfonamides is 1. The summed E-state index contributed by atoms with van der Waals surface area (Å²) in [6, 6.07) is 20.5. The van der Waals surface area contributed by atoms with Gasteiger partial charge in [0.05, 0.1) is 15.5 Å². The number of nitrogens with one attached hydrogen (secondary N) is 3. The smallest absolute Gasteiger partial charge is 0.321 e. The Hall–Kier alpha value is -5.27. The monoisotopic (exact) mass is 657 g/mol. The number of hydrogen-bond donors (Lipinski definition) is 3. The highest BCUT2D eigenvalue weighted by molar-refractivity contribution is 7.92. The maximum absolute atomic E-state index is 13.1. The van der Waals surface area contributed by atoms with Gasteiger partial charge in [0.15, 0.2) is 0 Å². The number of carbonyl (C=O) groups is 2. The highest BCUT2D eigenvalue weighted by Gasteiger charge is 2.19. The summed E-state index contributed by atoms with van der Waals surface area (Å²) in [4.78, 5) is 35.1. The van der Waals surface area contributed by atoms with Gasteiger partial charge in [0.2, 0.25) is 5.82 Å². The zero-order valence-electron chi connectivity index (χ0n) is 24.3. The maximum Gasteiger partial charge on any atom is 0.321 e. The minimum atomic E-state index is -3.94. The predicted molar refractivity (Wildman–Crippen MR) is 174 cm³/mol. The number of amides is 3. The molecule has 1 saturated heterocycles. The number of carbonyl (C=O) groups excluding carboxylic acids is 2. The summed E-state index contributed by atoms with van der Waals surface area (Å²) in [5.74, 6) is 0.0291. The Labute approximate surface area is 269 Å². The lowest BCUT2D eigenvalue weighted by Crippen LogP contribution is -2.38. The SMILES string of the molecule is O=C(Nc1ccc(-c2noc(-c3cccc(NS(=O)(=O)c4ccc(NC(=O)N5CCCCC5)cc4)c3)n2)c(Cl)c1)c1cccnc1. The molecule has 3 aromatic carbocycles. The van der Waals surface area contributed by atoms with Crippen LogP contribution in [0.1, 0.15) is 29.6 Å². The van der Waals surface area contributed by atoms with E-state index in [1.165, 1.54) is 18.3 Å². The van der Waals surface area contributed by atoms with Gasteiger partial charge in [-0.2, -0.15) is 4.98 Å². The molecule has 1 fully saturated rings. The molecule has 12 nitrogen and oxygen atoms in total. The van der Waals surface area contributed by atoms with Crippen LogP contribution in [0.2, 0.25) is 5.02 Å². The quantitative estimate of drug-likeness (QED) is 0.170. The molecule has 3 amide bonds. The van der Waals surface area contributed by atoms with Crippen LogP contribution in [-0.2, 0) is 10.0 Å². The number of rotatable bonds is 8. The minimum absolute atomic E-state index is 0.0312. The highest BCUT2D eigenvalue weighted by atomic mass is 35.5. The third kappa shape index (κ3) is 7.16. The molecule has 46 heavy (non-hydrogen) atoms. The van der Waals surface area contributed by atoms with Gasteiger partial charge in [-0.15, -0.1) is 0 Å². The molecule has 1 aliphatic rings. The number of benzene rings is 3. The Bertz CT molecular complexity index is 1980. The first kappa shape index (κ1) is 30.7. The van der Waals surface area contributed by atoms with E-state index >= 15 is 0 Å². The van der Waals surface area contributed by atoms with Gasteiger partial charge in [-0.25, -0.2) is 13.2 Å². The fourth-order valence-corrected chi connectivity index (χ4v) is 6.19. The lowest BCUT2D eigenvalue weighted by atomic mass is 10.1. The Morgan fingerprint density at radius 3 is 2.37 bits per heavy atom. The summed E-state index contributed by atoms with van der Waals surface area (Å²) >= 11 is 6.49. The van der Waals surface area contributed by atoms with Crippen LogP contribution in [0, 0.1) is 0 Å². The number of nitrogens with zero attached hydrogens (tertiary/aromatic N) is 4. The van der Waals surface area contributed by atoms with E-state index in [-0.39, 0.29) is 39.3 Å².